The van der Waals surface area contributed by atoms with Crippen molar-refractivity contribution in [2.24, 2.45) is 5.92 Å². The van der Waals surface area contributed by atoms with Crippen molar-refractivity contribution < 1.29 is 5.11 Å². The highest BCUT2D eigenvalue weighted by Gasteiger charge is 2.13. The maximum absolute atomic E-state index is 9.15. The van der Waals surface area contributed by atoms with Gasteiger partial charge in [0.05, 0.1) is 30.3 Å². The summed E-state index contributed by atoms with van der Waals surface area (Å²) in [6.07, 6.45) is 2.69. The van der Waals surface area contributed by atoms with E-state index in [1.54, 1.807) is 11.3 Å². The van der Waals surface area contributed by atoms with Crippen molar-refractivity contribution in [3.63, 3.8) is 0 Å². The second-order valence-corrected chi connectivity index (χ2v) is 6.21. The number of aliphatic hydroxyl groups excluding tert-OH is 1. The summed E-state index contributed by atoms with van der Waals surface area (Å²) in [5.41, 5.74) is 1.02. The molecule has 0 spiro atoms. The Balaban J connectivity index is 2.16. The molecule has 2 aromatic rings. The molecule has 0 aliphatic carbocycles. The van der Waals surface area contributed by atoms with E-state index in [9.17, 15) is 0 Å². The second-order valence-electron chi connectivity index (χ2n) is 5.14. The monoisotopic (exact) mass is 294 g/mol. The van der Waals surface area contributed by atoms with Crippen LogP contribution in [0.15, 0.2) is 5.38 Å². The van der Waals surface area contributed by atoms with E-state index in [4.69, 9.17) is 5.11 Å². The van der Waals surface area contributed by atoms with Gasteiger partial charge in [0, 0.05) is 11.8 Å². The van der Waals surface area contributed by atoms with Crippen molar-refractivity contribution in [3.8, 4) is 0 Å². The third-order valence-corrected chi connectivity index (χ3v) is 4.16. The molecule has 2 rings (SSSR count). The first-order valence-electron chi connectivity index (χ1n) is 7.06. The van der Waals surface area contributed by atoms with E-state index >= 15 is 0 Å². The molecular weight excluding hydrogens is 272 g/mol. The van der Waals surface area contributed by atoms with E-state index in [0.717, 1.165) is 35.2 Å². The minimum atomic E-state index is 0.0786. The van der Waals surface area contributed by atoms with Crippen LogP contribution in [0.2, 0.25) is 0 Å². The van der Waals surface area contributed by atoms with Gasteiger partial charge in [-0.3, -0.25) is 0 Å². The van der Waals surface area contributed by atoms with Gasteiger partial charge in [-0.1, -0.05) is 20.3 Å². The molecule has 0 amide bonds. The largest absolute Gasteiger partial charge is 0.394 e. The molecule has 1 N–H and O–H groups in total. The molecule has 0 radical (unpaired) electrons. The van der Waals surface area contributed by atoms with Gasteiger partial charge in [0.2, 0.25) is 0 Å². The van der Waals surface area contributed by atoms with Crippen LogP contribution >= 0.6 is 11.3 Å². The predicted octanol–water partition coefficient (Wildman–Crippen LogP) is 2.21. The number of aromatic nitrogens is 4. The topological polar surface area (TPSA) is 63.8 Å². The van der Waals surface area contributed by atoms with Crippen LogP contribution in [0.3, 0.4) is 0 Å². The summed E-state index contributed by atoms with van der Waals surface area (Å²) in [4.78, 5) is 9.10. The minimum Gasteiger partial charge on any atom is -0.394 e. The van der Waals surface area contributed by atoms with E-state index in [1.807, 2.05) is 11.6 Å². The molecule has 0 saturated carbocycles. The maximum atomic E-state index is 9.15. The fourth-order valence-electron chi connectivity index (χ4n) is 2.02. The van der Waals surface area contributed by atoms with Crippen LogP contribution in [0.4, 0.5) is 0 Å². The predicted molar refractivity (Wildman–Crippen MR) is 79.9 cm³/mol. The number of rotatable bonds is 7. The molecule has 110 valence electrons. The Morgan fingerprint density at radius 2 is 2.20 bits per heavy atom. The third-order valence-electron chi connectivity index (χ3n) is 3.34. The lowest BCUT2D eigenvalue weighted by Crippen LogP contribution is -2.09. The normalized spacial score (nSPS) is 12.8. The summed E-state index contributed by atoms with van der Waals surface area (Å²) in [5.74, 6) is 2.34. The molecule has 6 heteroatoms. The number of nitrogens with zero attached hydrogens (tertiary/aromatic N) is 4. The molecule has 5 nitrogen and oxygen atoms in total. The quantitative estimate of drug-likeness (QED) is 0.850. The van der Waals surface area contributed by atoms with Gasteiger partial charge in [0.25, 0.3) is 0 Å². The van der Waals surface area contributed by atoms with Crippen molar-refractivity contribution in [1.82, 2.24) is 19.7 Å². The van der Waals surface area contributed by atoms with Gasteiger partial charge >= 0.3 is 0 Å². The van der Waals surface area contributed by atoms with Crippen LogP contribution in [0, 0.1) is 12.8 Å². The van der Waals surface area contributed by atoms with E-state index in [0.29, 0.717) is 18.9 Å². The molecule has 20 heavy (non-hydrogen) atoms. The smallest absolute Gasteiger partial charge is 0.151 e. The summed E-state index contributed by atoms with van der Waals surface area (Å²) in [5, 5.41) is 16.8. The van der Waals surface area contributed by atoms with Crippen molar-refractivity contribution >= 4 is 11.3 Å². The standard InChI is InChI=1S/C14H22N4OS/c1-4-10(2)7-13-16-14(18(17-13)5-6-19)8-12-9-20-11(3)15-12/h9-10,19H,4-8H2,1-3H3/t10-/m0/s1. The fourth-order valence-corrected chi connectivity index (χ4v) is 2.64. The molecular formula is C14H22N4OS. The molecule has 1 atom stereocenters. The van der Waals surface area contributed by atoms with E-state index in [2.05, 4.69) is 34.3 Å². The Morgan fingerprint density at radius 3 is 2.80 bits per heavy atom. The van der Waals surface area contributed by atoms with E-state index in [-0.39, 0.29) is 6.61 Å². The van der Waals surface area contributed by atoms with Crippen LogP contribution in [0.1, 0.15) is 42.6 Å². The van der Waals surface area contributed by atoms with Gasteiger partial charge in [-0.15, -0.1) is 11.3 Å². The van der Waals surface area contributed by atoms with E-state index in [1.165, 1.54) is 0 Å². The van der Waals surface area contributed by atoms with Crippen molar-refractivity contribution in [1.29, 1.82) is 0 Å². The lowest BCUT2D eigenvalue weighted by Gasteiger charge is -2.03. The van der Waals surface area contributed by atoms with E-state index < -0.39 is 0 Å². The van der Waals surface area contributed by atoms with Crippen LogP contribution in [0.25, 0.3) is 0 Å². The van der Waals surface area contributed by atoms with Crippen LogP contribution in [0.5, 0.6) is 0 Å². The van der Waals surface area contributed by atoms with Crippen LogP contribution in [-0.2, 0) is 19.4 Å². The molecule has 0 fully saturated rings. The van der Waals surface area contributed by atoms with Crippen LogP contribution < -0.4 is 0 Å². The lowest BCUT2D eigenvalue weighted by atomic mass is 10.1. The zero-order valence-corrected chi connectivity index (χ0v) is 13.2. The van der Waals surface area contributed by atoms with Gasteiger partial charge in [0.15, 0.2) is 5.82 Å². The maximum Gasteiger partial charge on any atom is 0.151 e. The SMILES string of the molecule is CC[C@H](C)Cc1nc(Cc2csc(C)n2)n(CCO)n1. The second kappa shape index (κ2) is 6.95. The molecule has 2 heterocycles. The summed E-state index contributed by atoms with van der Waals surface area (Å²) in [6.45, 7) is 6.95. The average Bonchev–Trinajstić information content (AvgIpc) is 2.98. The number of aryl methyl sites for hydroxylation is 1. The molecule has 0 aliphatic heterocycles. The zero-order valence-electron chi connectivity index (χ0n) is 12.3. The molecule has 0 saturated heterocycles. The first-order valence-corrected chi connectivity index (χ1v) is 7.94. The van der Waals surface area contributed by atoms with Crippen LogP contribution in [-0.4, -0.2) is 31.5 Å². The van der Waals surface area contributed by atoms with Crippen molar-refractivity contribution in [2.45, 2.75) is 46.6 Å². The molecule has 0 unspecified atom stereocenters. The third kappa shape index (κ3) is 3.86. The highest BCUT2D eigenvalue weighted by molar-refractivity contribution is 7.09. The summed E-state index contributed by atoms with van der Waals surface area (Å²) in [6, 6.07) is 0. The number of hydrogen-bond donors (Lipinski definition) is 1. The van der Waals surface area contributed by atoms with Gasteiger partial charge < -0.3 is 5.11 Å². The average molecular weight is 294 g/mol. The number of hydrogen-bond acceptors (Lipinski definition) is 5. The summed E-state index contributed by atoms with van der Waals surface area (Å²) in [7, 11) is 0. The highest BCUT2D eigenvalue weighted by atomic mass is 32.1. The van der Waals surface area contributed by atoms with Gasteiger partial charge in [0.1, 0.15) is 5.82 Å². The van der Waals surface area contributed by atoms with Gasteiger partial charge in [-0.05, 0) is 12.8 Å². The first-order chi connectivity index (χ1) is 9.62. The van der Waals surface area contributed by atoms with Crippen molar-refractivity contribution in [3.05, 3.63) is 27.7 Å². The Morgan fingerprint density at radius 1 is 1.40 bits per heavy atom. The molecule has 0 aromatic carbocycles. The van der Waals surface area contributed by atoms with Gasteiger partial charge in [-0.2, -0.15) is 5.10 Å². The lowest BCUT2D eigenvalue weighted by molar-refractivity contribution is 0.267. The van der Waals surface area contributed by atoms with Gasteiger partial charge in [-0.25, -0.2) is 14.6 Å². The molecule has 0 bridgehead atoms. The first kappa shape index (κ1) is 15.1. The Kier molecular flexibility index (Phi) is 5.25. The minimum absolute atomic E-state index is 0.0786. The highest BCUT2D eigenvalue weighted by Crippen LogP contribution is 2.14. The van der Waals surface area contributed by atoms with Crippen molar-refractivity contribution in [2.75, 3.05) is 6.61 Å². The number of aliphatic hydroxyl groups is 1. The molecule has 2 aromatic heterocycles. The Hall–Kier alpha value is -1.27. The fraction of sp³-hybridized carbons (Fsp3) is 0.643. The Labute approximate surface area is 123 Å². The number of thiazole rings is 1. The molecule has 0 aliphatic rings. The summed E-state index contributed by atoms with van der Waals surface area (Å²) >= 11 is 1.65. The Bertz CT molecular complexity index is 549. The summed E-state index contributed by atoms with van der Waals surface area (Å²) < 4.78 is 1.81. The zero-order chi connectivity index (χ0) is 14.5.